The van der Waals surface area contributed by atoms with Crippen LogP contribution < -0.4 is 5.32 Å². The summed E-state index contributed by atoms with van der Waals surface area (Å²) in [6, 6.07) is 6.51. The monoisotopic (exact) mass is 287 g/mol. The van der Waals surface area contributed by atoms with Crippen LogP contribution in [0.25, 0.3) is 15.6 Å². The molecular formula is C14H10ClN3O2. The van der Waals surface area contributed by atoms with Gasteiger partial charge in [-0.05, 0) is 17.0 Å². The lowest BCUT2D eigenvalue weighted by Gasteiger charge is -2.10. The van der Waals surface area contributed by atoms with Crippen molar-refractivity contribution in [2.45, 2.75) is 5.92 Å². The molecule has 100 valence electrons. The van der Waals surface area contributed by atoms with Gasteiger partial charge in [0, 0.05) is 30.1 Å². The van der Waals surface area contributed by atoms with Crippen molar-refractivity contribution in [1.82, 2.24) is 0 Å². The number of alkyl halides is 1. The number of benzene rings is 2. The fraction of sp³-hybridized carbons (Fsp3) is 0.214. The molecule has 1 aliphatic rings. The summed E-state index contributed by atoms with van der Waals surface area (Å²) in [6.07, 6.45) is 0. The Bertz CT molecular complexity index is 767. The molecule has 0 spiro atoms. The van der Waals surface area contributed by atoms with Crippen LogP contribution in [0.2, 0.25) is 0 Å². The minimum absolute atomic E-state index is 0.0537. The van der Waals surface area contributed by atoms with Crippen LogP contribution in [0.15, 0.2) is 24.3 Å². The van der Waals surface area contributed by atoms with Crippen LogP contribution in [0, 0.1) is 16.7 Å². The minimum atomic E-state index is -0.393. The Morgan fingerprint density at radius 2 is 2.25 bits per heavy atom. The van der Waals surface area contributed by atoms with Gasteiger partial charge in [0.2, 0.25) is 0 Å². The highest BCUT2D eigenvalue weighted by atomic mass is 35.5. The maximum Gasteiger partial charge on any atom is 0.279 e. The molecule has 0 saturated heterocycles. The number of rotatable bonds is 2. The molecule has 0 aromatic heterocycles. The molecule has 2 aromatic carbocycles. The predicted molar refractivity (Wildman–Crippen MR) is 78.8 cm³/mol. The molecule has 0 amide bonds. The summed E-state index contributed by atoms with van der Waals surface area (Å²) < 4.78 is 0. The average molecular weight is 288 g/mol. The van der Waals surface area contributed by atoms with Gasteiger partial charge in [-0.3, -0.25) is 10.1 Å². The number of fused-ring (bicyclic) bond motifs is 3. The predicted octanol–water partition coefficient (Wildman–Crippen LogP) is 4.05. The van der Waals surface area contributed by atoms with Crippen molar-refractivity contribution in [1.29, 1.82) is 0 Å². The van der Waals surface area contributed by atoms with Crippen LogP contribution in [0.4, 0.5) is 17.1 Å². The van der Waals surface area contributed by atoms with Crippen LogP contribution in [0.3, 0.4) is 0 Å². The summed E-state index contributed by atoms with van der Waals surface area (Å²) in [4.78, 5) is 14.2. The topological polar surface area (TPSA) is 59.5 Å². The van der Waals surface area contributed by atoms with Crippen LogP contribution in [0.1, 0.15) is 11.5 Å². The van der Waals surface area contributed by atoms with Crippen LogP contribution in [0.5, 0.6) is 0 Å². The maximum atomic E-state index is 11.2. The minimum Gasteiger partial charge on any atom is -0.384 e. The summed E-state index contributed by atoms with van der Waals surface area (Å²) in [5.41, 5.74) is 2.25. The summed E-state index contributed by atoms with van der Waals surface area (Å²) in [7, 11) is 0. The molecular weight excluding hydrogens is 278 g/mol. The Morgan fingerprint density at radius 1 is 1.45 bits per heavy atom. The smallest absolute Gasteiger partial charge is 0.279 e. The van der Waals surface area contributed by atoms with Gasteiger partial charge in [-0.2, -0.15) is 0 Å². The Balaban J connectivity index is 2.41. The summed E-state index contributed by atoms with van der Waals surface area (Å²) in [5.74, 6) is 0.547. The molecule has 2 aromatic rings. The first kappa shape index (κ1) is 12.7. The number of hydrogen-bond donors (Lipinski definition) is 1. The number of nitro groups is 1. The molecule has 0 aliphatic carbocycles. The van der Waals surface area contributed by atoms with E-state index in [0.717, 1.165) is 16.6 Å². The molecule has 0 saturated carbocycles. The molecule has 1 atom stereocenters. The van der Waals surface area contributed by atoms with E-state index >= 15 is 0 Å². The average Bonchev–Trinajstić information content (AvgIpc) is 2.88. The van der Waals surface area contributed by atoms with Crippen molar-refractivity contribution in [2.24, 2.45) is 0 Å². The Morgan fingerprint density at radius 3 is 2.90 bits per heavy atom. The van der Waals surface area contributed by atoms with Gasteiger partial charge >= 0.3 is 0 Å². The highest BCUT2D eigenvalue weighted by Crippen LogP contribution is 2.43. The first-order chi connectivity index (χ1) is 9.65. The van der Waals surface area contributed by atoms with E-state index < -0.39 is 4.92 Å². The molecule has 0 bridgehead atoms. The Labute approximate surface area is 120 Å². The SMILES string of the molecule is [C-]#[N+]c1ccc2c([N+](=O)[O-])cc3c(c2c1)C(CCl)CN3. The van der Waals surface area contributed by atoms with E-state index in [2.05, 4.69) is 10.2 Å². The van der Waals surface area contributed by atoms with Gasteiger partial charge in [-0.25, -0.2) is 4.85 Å². The van der Waals surface area contributed by atoms with Crippen molar-refractivity contribution < 1.29 is 4.92 Å². The summed E-state index contributed by atoms with van der Waals surface area (Å²) in [6.45, 7) is 7.76. The number of nitrogens with one attached hydrogen (secondary N) is 1. The number of hydrogen-bond acceptors (Lipinski definition) is 3. The lowest BCUT2D eigenvalue weighted by molar-refractivity contribution is -0.383. The molecule has 0 fully saturated rings. The van der Waals surface area contributed by atoms with Gasteiger partial charge in [0.05, 0.1) is 16.9 Å². The zero-order valence-corrected chi connectivity index (χ0v) is 11.1. The largest absolute Gasteiger partial charge is 0.384 e. The summed E-state index contributed by atoms with van der Waals surface area (Å²) in [5, 5.41) is 15.7. The third-order valence-electron chi connectivity index (χ3n) is 3.60. The number of non-ortho nitro benzene ring substituents is 1. The standard InChI is InChI=1S/C14H10ClN3O2/c1-16-9-2-3-10-11(4-9)14-8(6-15)7-17-12(14)5-13(10)18(19)20/h2-5,8,17H,6-7H2. The second-order valence-electron chi connectivity index (χ2n) is 4.69. The molecule has 20 heavy (non-hydrogen) atoms. The van der Waals surface area contributed by atoms with Crippen LogP contribution in [-0.4, -0.2) is 17.3 Å². The number of nitrogens with zero attached hydrogens (tertiary/aromatic N) is 2. The fourth-order valence-electron chi connectivity index (χ4n) is 2.69. The van der Waals surface area contributed by atoms with Crippen molar-refractivity contribution in [3.8, 4) is 0 Å². The third-order valence-corrected chi connectivity index (χ3v) is 3.97. The molecule has 1 aliphatic heterocycles. The van der Waals surface area contributed by atoms with E-state index in [-0.39, 0.29) is 11.6 Å². The Kier molecular flexibility index (Phi) is 2.96. The number of halogens is 1. The Hall–Kier alpha value is -2.32. The van der Waals surface area contributed by atoms with Crippen molar-refractivity contribution in [3.63, 3.8) is 0 Å². The van der Waals surface area contributed by atoms with Gasteiger partial charge in [-0.15, -0.1) is 11.6 Å². The zero-order chi connectivity index (χ0) is 14.3. The quantitative estimate of drug-likeness (QED) is 0.392. The number of nitro benzene ring substituents is 1. The van der Waals surface area contributed by atoms with E-state index in [1.54, 1.807) is 24.3 Å². The highest BCUT2D eigenvalue weighted by Gasteiger charge is 2.28. The summed E-state index contributed by atoms with van der Waals surface area (Å²) >= 11 is 5.98. The second kappa shape index (κ2) is 4.66. The van der Waals surface area contributed by atoms with Gasteiger partial charge < -0.3 is 5.32 Å². The van der Waals surface area contributed by atoms with E-state index in [0.29, 0.717) is 23.5 Å². The molecule has 6 heteroatoms. The van der Waals surface area contributed by atoms with Crippen molar-refractivity contribution in [3.05, 3.63) is 51.4 Å². The highest BCUT2D eigenvalue weighted by molar-refractivity contribution is 6.18. The molecule has 3 rings (SSSR count). The third kappa shape index (κ3) is 1.77. The van der Waals surface area contributed by atoms with Gasteiger partial charge in [0.25, 0.3) is 5.69 Å². The second-order valence-corrected chi connectivity index (χ2v) is 5.00. The van der Waals surface area contributed by atoms with Crippen molar-refractivity contribution in [2.75, 3.05) is 17.7 Å². The number of anilines is 1. The molecule has 1 unspecified atom stereocenters. The van der Waals surface area contributed by atoms with Gasteiger partial charge in [0.1, 0.15) is 0 Å². The zero-order valence-electron chi connectivity index (χ0n) is 10.4. The van der Waals surface area contributed by atoms with Crippen LogP contribution >= 0.6 is 11.6 Å². The van der Waals surface area contributed by atoms with E-state index in [9.17, 15) is 10.1 Å². The molecule has 5 nitrogen and oxygen atoms in total. The lowest BCUT2D eigenvalue weighted by atomic mass is 9.94. The lowest BCUT2D eigenvalue weighted by Crippen LogP contribution is -2.02. The van der Waals surface area contributed by atoms with Crippen molar-refractivity contribution >= 4 is 39.4 Å². The molecule has 0 radical (unpaired) electrons. The van der Waals surface area contributed by atoms with E-state index in [1.165, 1.54) is 0 Å². The first-order valence-electron chi connectivity index (χ1n) is 6.08. The molecule has 1 N–H and O–H groups in total. The maximum absolute atomic E-state index is 11.2. The van der Waals surface area contributed by atoms with Gasteiger partial charge in [0.15, 0.2) is 5.69 Å². The molecule has 1 heterocycles. The normalized spacial score (nSPS) is 16.5. The van der Waals surface area contributed by atoms with Gasteiger partial charge in [-0.1, -0.05) is 12.1 Å². The van der Waals surface area contributed by atoms with E-state index in [4.69, 9.17) is 18.2 Å². The first-order valence-corrected chi connectivity index (χ1v) is 6.61. The van der Waals surface area contributed by atoms with Crippen LogP contribution in [-0.2, 0) is 0 Å². The fourth-order valence-corrected chi connectivity index (χ4v) is 2.95. The van der Waals surface area contributed by atoms with E-state index in [1.807, 2.05) is 0 Å².